The number of ether oxygens (including phenoxy) is 1. The van der Waals surface area contributed by atoms with Crippen molar-refractivity contribution in [2.45, 2.75) is 18.5 Å². The Hall–Kier alpha value is -1.10. The Morgan fingerprint density at radius 1 is 1.53 bits per heavy atom. The van der Waals surface area contributed by atoms with Crippen molar-refractivity contribution in [2.24, 2.45) is 5.92 Å². The van der Waals surface area contributed by atoms with E-state index in [0.717, 1.165) is 5.56 Å². The maximum absolute atomic E-state index is 11.3. The average Bonchev–Trinajstić information content (AvgIpc) is 2.68. The van der Waals surface area contributed by atoms with Crippen molar-refractivity contribution in [1.82, 2.24) is 4.90 Å². The Morgan fingerprint density at radius 2 is 2.21 bits per heavy atom. The lowest BCUT2D eigenvalue weighted by Crippen LogP contribution is -2.34. The van der Waals surface area contributed by atoms with Crippen LogP contribution in [0.3, 0.4) is 0 Å². The summed E-state index contributed by atoms with van der Waals surface area (Å²) in [4.78, 5) is 13.2. The van der Waals surface area contributed by atoms with Crippen LogP contribution in [0.1, 0.15) is 18.0 Å². The van der Waals surface area contributed by atoms with E-state index < -0.39 is 12.0 Å². The van der Waals surface area contributed by atoms with Gasteiger partial charge in [-0.05, 0) is 25.1 Å². The van der Waals surface area contributed by atoms with E-state index in [1.807, 2.05) is 36.2 Å². The molecule has 1 aliphatic heterocycles. The molecule has 4 nitrogen and oxygen atoms in total. The molecule has 104 valence electrons. The zero-order valence-corrected chi connectivity index (χ0v) is 11.8. The first-order chi connectivity index (χ1) is 9.06. The molecule has 19 heavy (non-hydrogen) atoms. The zero-order valence-electron chi connectivity index (χ0n) is 11.0. The number of carboxylic acids is 1. The number of nitrogens with zero attached hydrogens (tertiary/aromatic N) is 1. The highest BCUT2D eigenvalue weighted by Gasteiger charge is 2.43. The van der Waals surface area contributed by atoms with E-state index in [1.54, 1.807) is 7.11 Å². The number of carbonyl (C=O) groups is 1. The van der Waals surface area contributed by atoms with Gasteiger partial charge in [-0.15, -0.1) is 0 Å². The number of benzene rings is 1. The van der Waals surface area contributed by atoms with Gasteiger partial charge in [0.15, 0.2) is 0 Å². The molecule has 2 rings (SSSR count). The molecule has 0 spiro atoms. The fourth-order valence-electron chi connectivity index (χ4n) is 2.94. The summed E-state index contributed by atoms with van der Waals surface area (Å²) >= 11 is 6.25. The summed E-state index contributed by atoms with van der Waals surface area (Å²) < 4.78 is 5.23. The topological polar surface area (TPSA) is 49.8 Å². The second-order valence-electron chi connectivity index (χ2n) is 4.94. The summed E-state index contributed by atoms with van der Waals surface area (Å²) in [5, 5.41) is 9.96. The maximum atomic E-state index is 11.3. The largest absolute Gasteiger partial charge is 0.480 e. The molecule has 0 radical (unpaired) electrons. The summed E-state index contributed by atoms with van der Waals surface area (Å²) in [6, 6.07) is 7.09. The van der Waals surface area contributed by atoms with E-state index >= 15 is 0 Å². The van der Waals surface area contributed by atoms with Gasteiger partial charge >= 0.3 is 5.97 Å². The van der Waals surface area contributed by atoms with Gasteiger partial charge in [0.1, 0.15) is 6.04 Å². The lowest BCUT2D eigenvalue weighted by atomic mass is 9.94. The number of halogens is 1. The third-order valence-electron chi connectivity index (χ3n) is 3.79. The van der Waals surface area contributed by atoms with Gasteiger partial charge in [-0.2, -0.15) is 0 Å². The molecule has 0 aromatic heterocycles. The van der Waals surface area contributed by atoms with Gasteiger partial charge in [0.05, 0.1) is 6.61 Å². The predicted molar refractivity (Wildman–Crippen MR) is 73.4 cm³/mol. The molecule has 1 heterocycles. The molecule has 0 aliphatic carbocycles. The monoisotopic (exact) mass is 283 g/mol. The van der Waals surface area contributed by atoms with E-state index in [2.05, 4.69) is 0 Å². The number of aliphatic carboxylic acids is 1. The Morgan fingerprint density at radius 3 is 2.79 bits per heavy atom. The van der Waals surface area contributed by atoms with Gasteiger partial charge in [-0.25, -0.2) is 0 Å². The predicted octanol–water partition coefficient (Wildman–Crippen LogP) is 2.43. The van der Waals surface area contributed by atoms with Gasteiger partial charge in [-0.1, -0.05) is 29.8 Å². The number of hydrogen-bond donors (Lipinski definition) is 1. The average molecular weight is 284 g/mol. The van der Waals surface area contributed by atoms with Crippen molar-refractivity contribution >= 4 is 17.6 Å². The molecule has 5 heteroatoms. The van der Waals surface area contributed by atoms with Crippen LogP contribution in [0.4, 0.5) is 0 Å². The third-order valence-corrected chi connectivity index (χ3v) is 4.14. The molecule has 1 fully saturated rings. The minimum Gasteiger partial charge on any atom is -0.480 e. The minimum atomic E-state index is -0.793. The van der Waals surface area contributed by atoms with Crippen LogP contribution in [0.2, 0.25) is 5.02 Å². The van der Waals surface area contributed by atoms with Crippen LogP contribution in [0.15, 0.2) is 24.3 Å². The summed E-state index contributed by atoms with van der Waals surface area (Å²) in [6.45, 7) is 0.532. The summed E-state index contributed by atoms with van der Waals surface area (Å²) in [5.74, 6) is -0.658. The number of methoxy groups -OCH3 is 1. The van der Waals surface area contributed by atoms with E-state index in [9.17, 15) is 9.90 Å². The van der Waals surface area contributed by atoms with Crippen LogP contribution in [-0.4, -0.2) is 42.8 Å². The standard InChI is InChI=1S/C14H18ClNO3/c1-16-12(14(17)18)7-9(8-19-2)13(16)10-5-3-4-6-11(10)15/h3-6,9,12-13H,7-8H2,1-2H3,(H,17,18). The van der Waals surface area contributed by atoms with E-state index in [-0.39, 0.29) is 12.0 Å². The Labute approximate surface area is 117 Å². The SMILES string of the molecule is COCC1CC(C(=O)O)N(C)C1c1ccccc1Cl. The van der Waals surface area contributed by atoms with Crippen LogP contribution in [-0.2, 0) is 9.53 Å². The Kier molecular flexibility index (Phi) is 4.45. The highest BCUT2D eigenvalue weighted by Crippen LogP contribution is 2.42. The number of likely N-dealkylation sites (tertiary alicyclic amines) is 1. The van der Waals surface area contributed by atoms with Crippen LogP contribution in [0, 0.1) is 5.92 Å². The lowest BCUT2D eigenvalue weighted by molar-refractivity contribution is -0.142. The number of likely N-dealkylation sites (N-methyl/N-ethyl adjacent to an activating group) is 1. The van der Waals surface area contributed by atoms with Crippen molar-refractivity contribution in [3.8, 4) is 0 Å². The highest BCUT2D eigenvalue weighted by atomic mass is 35.5. The highest BCUT2D eigenvalue weighted by molar-refractivity contribution is 6.31. The summed E-state index contributed by atoms with van der Waals surface area (Å²) in [7, 11) is 3.47. The van der Waals surface area contributed by atoms with Crippen LogP contribution in [0.5, 0.6) is 0 Å². The molecule has 1 saturated heterocycles. The van der Waals surface area contributed by atoms with Crippen LogP contribution < -0.4 is 0 Å². The summed E-state index contributed by atoms with van der Waals surface area (Å²) in [5.41, 5.74) is 0.970. The molecular formula is C14H18ClNO3. The molecule has 1 N–H and O–H groups in total. The van der Waals surface area contributed by atoms with E-state index in [0.29, 0.717) is 18.1 Å². The Bertz CT molecular complexity index is 466. The molecular weight excluding hydrogens is 266 g/mol. The van der Waals surface area contributed by atoms with Crippen LogP contribution >= 0.6 is 11.6 Å². The molecule has 3 unspecified atom stereocenters. The smallest absolute Gasteiger partial charge is 0.320 e. The quantitative estimate of drug-likeness (QED) is 0.922. The van der Waals surface area contributed by atoms with Crippen molar-refractivity contribution < 1.29 is 14.6 Å². The fourth-order valence-corrected chi connectivity index (χ4v) is 3.19. The number of rotatable bonds is 4. The van der Waals surface area contributed by atoms with Gasteiger partial charge in [0, 0.05) is 24.1 Å². The fraction of sp³-hybridized carbons (Fsp3) is 0.500. The third kappa shape index (κ3) is 2.76. The normalized spacial score (nSPS) is 27.6. The second kappa shape index (κ2) is 5.90. The van der Waals surface area contributed by atoms with Crippen LogP contribution in [0.25, 0.3) is 0 Å². The zero-order chi connectivity index (χ0) is 14.0. The van der Waals surface area contributed by atoms with Gasteiger partial charge in [0.2, 0.25) is 0 Å². The molecule has 0 amide bonds. The molecule has 0 bridgehead atoms. The van der Waals surface area contributed by atoms with E-state index in [1.165, 1.54) is 0 Å². The lowest BCUT2D eigenvalue weighted by Gasteiger charge is -2.27. The van der Waals surface area contributed by atoms with Crippen molar-refractivity contribution in [1.29, 1.82) is 0 Å². The minimum absolute atomic E-state index is 0.0188. The molecule has 3 atom stereocenters. The van der Waals surface area contributed by atoms with Crippen molar-refractivity contribution in [3.05, 3.63) is 34.9 Å². The number of hydrogen-bond acceptors (Lipinski definition) is 3. The first kappa shape index (κ1) is 14.3. The van der Waals surface area contributed by atoms with E-state index in [4.69, 9.17) is 16.3 Å². The van der Waals surface area contributed by atoms with Crippen molar-refractivity contribution in [2.75, 3.05) is 20.8 Å². The van der Waals surface area contributed by atoms with Gasteiger partial charge in [0.25, 0.3) is 0 Å². The first-order valence-corrected chi connectivity index (χ1v) is 6.62. The van der Waals surface area contributed by atoms with Gasteiger partial charge in [-0.3, -0.25) is 9.69 Å². The van der Waals surface area contributed by atoms with Crippen molar-refractivity contribution in [3.63, 3.8) is 0 Å². The Balaban J connectivity index is 2.35. The van der Waals surface area contributed by atoms with Gasteiger partial charge < -0.3 is 9.84 Å². The number of carboxylic acid groups (broad SMARTS) is 1. The molecule has 1 aromatic rings. The summed E-state index contributed by atoms with van der Waals surface area (Å²) in [6.07, 6.45) is 0.579. The maximum Gasteiger partial charge on any atom is 0.320 e. The first-order valence-electron chi connectivity index (χ1n) is 6.24. The molecule has 1 aliphatic rings. The molecule has 0 saturated carbocycles. The second-order valence-corrected chi connectivity index (χ2v) is 5.34. The molecule has 1 aromatic carbocycles.